The predicted molar refractivity (Wildman–Crippen MR) is 56.2 cm³/mol. The number of aromatic nitrogens is 1. The third-order valence-electron chi connectivity index (χ3n) is 2.03. The standard InChI is InChI=1S/C11H10N2O2/c1-15-13-11(14)10-7-6-8-4-2-3-5-9(8)12-10/h2-7H,1H3,(H,13,14). The maximum atomic E-state index is 11.4. The van der Waals surface area contributed by atoms with Gasteiger partial charge in [-0.3, -0.25) is 9.63 Å². The number of nitrogens with zero attached hydrogens (tertiary/aromatic N) is 1. The summed E-state index contributed by atoms with van der Waals surface area (Å²) in [7, 11) is 1.39. The van der Waals surface area contributed by atoms with E-state index in [1.54, 1.807) is 6.07 Å². The van der Waals surface area contributed by atoms with E-state index in [0.717, 1.165) is 10.9 Å². The van der Waals surface area contributed by atoms with Gasteiger partial charge in [0.25, 0.3) is 5.91 Å². The molecule has 0 unspecified atom stereocenters. The Labute approximate surface area is 86.8 Å². The monoisotopic (exact) mass is 202 g/mol. The van der Waals surface area contributed by atoms with Crippen molar-refractivity contribution in [1.29, 1.82) is 0 Å². The van der Waals surface area contributed by atoms with E-state index < -0.39 is 0 Å². The molecular weight excluding hydrogens is 192 g/mol. The van der Waals surface area contributed by atoms with Gasteiger partial charge in [-0.15, -0.1) is 0 Å². The molecule has 4 heteroatoms. The van der Waals surface area contributed by atoms with Crippen molar-refractivity contribution in [3.63, 3.8) is 0 Å². The largest absolute Gasteiger partial charge is 0.293 e. The summed E-state index contributed by atoms with van der Waals surface area (Å²) >= 11 is 0. The van der Waals surface area contributed by atoms with Crippen LogP contribution in [0.15, 0.2) is 36.4 Å². The van der Waals surface area contributed by atoms with Gasteiger partial charge in [0.1, 0.15) is 5.69 Å². The Morgan fingerprint density at radius 1 is 1.27 bits per heavy atom. The molecule has 0 aliphatic rings. The lowest BCUT2D eigenvalue weighted by Crippen LogP contribution is -2.22. The molecule has 0 saturated heterocycles. The van der Waals surface area contributed by atoms with Gasteiger partial charge in [0, 0.05) is 5.39 Å². The number of rotatable bonds is 2. The summed E-state index contributed by atoms with van der Waals surface area (Å²) in [6.07, 6.45) is 0. The number of para-hydroxylation sites is 1. The Morgan fingerprint density at radius 3 is 2.87 bits per heavy atom. The number of hydroxylamine groups is 1. The van der Waals surface area contributed by atoms with Gasteiger partial charge in [0.15, 0.2) is 0 Å². The smallest absolute Gasteiger partial charge is 0.277 e. The summed E-state index contributed by atoms with van der Waals surface area (Å²) in [5, 5.41) is 1.01. The summed E-state index contributed by atoms with van der Waals surface area (Å²) in [5.74, 6) is -0.344. The van der Waals surface area contributed by atoms with Crippen molar-refractivity contribution >= 4 is 16.8 Å². The van der Waals surface area contributed by atoms with Crippen molar-refractivity contribution < 1.29 is 9.63 Å². The van der Waals surface area contributed by atoms with Gasteiger partial charge in [0.05, 0.1) is 12.6 Å². The van der Waals surface area contributed by atoms with E-state index in [9.17, 15) is 4.79 Å². The van der Waals surface area contributed by atoms with E-state index in [2.05, 4.69) is 15.3 Å². The zero-order chi connectivity index (χ0) is 10.7. The van der Waals surface area contributed by atoms with Crippen LogP contribution in [-0.2, 0) is 4.84 Å². The van der Waals surface area contributed by atoms with Crippen LogP contribution in [0.1, 0.15) is 10.5 Å². The van der Waals surface area contributed by atoms with E-state index in [0.29, 0.717) is 5.69 Å². The van der Waals surface area contributed by atoms with Crippen molar-refractivity contribution in [2.45, 2.75) is 0 Å². The SMILES string of the molecule is CONC(=O)c1ccc2ccccc2n1. The van der Waals surface area contributed by atoms with Crippen LogP contribution in [0.25, 0.3) is 10.9 Å². The first kappa shape index (κ1) is 9.61. The number of carbonyl (C=O) groups excluding carboxylic acids is 1. The highest BCUT2D eigenvalue weighted by molar-refractivity contribution is 5.94. The molecule has 0 atom stereocenters. The number of fused-ring (bicyclic) bond motifs is 1. The van der Waals surface area contributed by atoms with Crippen molar-refractivity contribution in [3.8, 4) is 0 Å². The maximum Gasteiger partial charge on any atom is 0.293 e. The van der Waals surface area contributed by atoms with E-state index in [1.165, 1.54) is 7.11 Å². The van der Waals surface area contributed by atoms with Crippen molar-refractivity contribution in [2.24, 2.45) is 0 Å². The topological polar surface area (TPSA) is 51.2 Å². The summed E-state index contributed by atoms with van der Waals surface area (Å²) in [6.45, 7) is 0. The molecule has 4 nitrogen and oxygen atoms in total. The number of carbonyl (C=O) groups is 1. The summed E-state index contributed by atoms with van der Waals surface area (Å²) in [4.78, 5) is 20.1. The maximum absolute atomic E-state index is 11.4. The van der Waals surface area contributed by atoms with Gasteiger partial charge in [-0.25, -0.2) is 10.5 Å². The van der Waals surface area contributed by atoms with Gasteiger partial charge < -0.3 is 0 Å². The molecule has 15 heavy (non-hydrogen) atoms. The lowest BCUT2D eigenvalue weighted by molar-refractivity contribution is 0.0533. The Hall–Kier alpha value is -1.94. The van der Waals surface area contributed by atoms with Gasteiger partial charge in [-0.1, -0.05) is 24.3 Å². The average Bonchev–Trinajstić information content (AvgIpc) is 2.29. The highest BCUT2D eigenvalue weighted by Crippen LogP contribution is 2.11. The Kier molecular flexibility index (Phi) is 2.60. The van der Waals surface area contributed by atoms with Crippen LogP contribution in [0.3, 0.4) is 0 Å². The van der Waals surface area contributed by atoms with E-state index in [4.69, 9.17) is 0 Å². The summed E-state index contributed by atoms with van der Waals surface area (Å²) in [6, 6.07) is 11.1. The number of hydrogen-bond acceptors (Lipinski definition) is 3. The van der Waals surface area contributed by atoms with Crippen LogP contribution in [0, 0.1) is 0 Å². The molecule has 0 spiro atoms. The molecule has 0 fully saturated rings. The Balaban J connectivity index is 2.42. The molecule has 1 N–H and O–H groups in total. The highest BCUT2D eigenvalue weighted by atomic mass is 16.6. The molecule has 1 heterocycles. The molecule has 0 radical (unpaired) electrons. The number of hydrogen-bond donors (Lipinski definition) is 1. The lowest BCUT2D eigenvalue weighted by atomic mass is 10.2. The van der Waals surface area contributed by atoms with Crippen LogP contribution in [0.5, 0.6) is 0 Å². The first-order valence-corrected chi connectivity index (χ1v) is 4.50. The van der Waals surface area contributed by atoms with Crippen molar-refractivity contribution in [1.82, 2.24) is 10.5 Å². The second-order valence-electron chi connectivity index (χ2n) is 3.02. The van der Waals surface area contributed by atoms with Gasteiger partial charge in [0.2, 0.25) is 0 Å². The fourth-order valence-electron chi connectivity index (χ4n) is 1.34. The highest BCUT2D eigenvalue weighted by Gasteiger charge is 2.06. The molecule has 0 bridgehead atoms. The fourth-order valence-corrected chi connectivity index (χ4v) is 1.34. The molecular formula is C11H10N2O2. The minimum Gasteiger partial charge on any atom is -0.277 e. The van der Waals surface area contributed by atoms with Gasteiger partial charge in [-0.2, -0.15) is 0 Å². The summed E-state index contributed by atoms with van der Waals surface area (Å²) in [5.41, 5.74) is 3.36. The average molecular weight is 202 g/mol. The molecule has 0 aliphatic heterocycles. The second-order valence-corrected chi connectivity index (χ2v) is 3.02. The van der Waals surface area contributed by atoms with E-state index >= 15 is 0 Å². The van der Waals surface area contributed by atoms with Crippen LogP contribution in [0.2, 0.25) is 0 Å². The predicted octanol–water partition coefficient (Wildman–Crippen LogP) is 1.53. The third-order valence-corrected chi connectivity index (χ3v) is 2.03. The minimum absolute atomic E-state index is 0.343. The van der Waals surface area contributed by atoms with Gasteiger partial charge in [-0.05, 0) is 12.1 Å². The van der Waals surface area contributed by atoms with Crippen LogP contribution < -0.4 is 5.48 Å². The second kappa shape index (κ2) is 4.06. The third kappa shape index (κ3) is 1.94. The number of pyridine rings is 1. The first-order valence-electron chi connectivity index (χ1n) is 4.50. The quantitative estimate of drug-likeness (QED) is 0.751. The molecule has 76 valence electrons. The fraction of sp³-hybridized carbons (Fsp3) is 0.0909. The minimum atomic E-state index is -0.344. The van der Waals surface area contributed by atoms with Crippen LogP contribution in [0.4, 0.5) is 0 Å². The van der Waals surface area contributed by atoms with Crippen LogP contribution in [-0.4, -0.2) is 18.0 Å². The van der Waals surface area contributed by atoms with E-state index in [-0.39, 0.29) is 5.91 Å². The zero-order valence-electron chi connectivity index (χ0n) is 8.23. The molecule has 2 rings (SSSR count). The van der Waals surface area contributed by atoms with Crippen molar-refractivity contribution in [3.05, 3.63) is 42.1 Å². The number of nitrogens with one attached hydrogen (secondary N) is 1. The van der Waals surface area contributed by atoms with Gasteiger partial charge >= 0.3 is 0 Å². The molecule has 1 amide bonds. The molecule has 1 aromatic heterocycles. The molecule has 2 aromatic rings. The number of amides is 1. The molecule has 1 aromatic carbocycles. The normalized spacial score (nSPS) is 10.2. The Morgan fingerprint density at radius 2 is 2.07 bits per heavy atom. The van der Waals surface area contributed by atoms with Crippen LogP contribution >= 0.6 is 0 Å². The molecule has 0 aliphatic carbocycles. The van der Waals surface area contributed by atoms with E-state index in [1.807, 2.05) is 30.3 Å². The Bertz CT molecular complexity index is 497. The first-order chi connectivity index (χ1) is 7.31. The zero-order valence-corrected chi connectivity index (χ0v) is 8.23. The summed E-state index contributed by atoms with van der Waals surface area (Å²) < 4.78 is 0. The number of benzene rings is 1. The van der Waals surface area contributed by atoms with Crippen molar-refractivity contribution in [2.75, 3.05) is 7.11 Å². The lowest BCUT2D eigenvalue weighted by Gasteiger charge is -2.02. The molecule has 0 saturated carbocycles.